The first-order valence-corrected chi connectivity index (χ1v) is 6.90. The molecule has 0 aliphatic carbocycles. The van der Waals surface area contributed by atoms with E-state index in [0.29, 0.717) is 0 Å². The van der Waals surface area contributed by atoms with Crippen molar-refractivity contribution in [3.8, 4) is 0 Å². The molecule has 3 heterocycles. The predicted molar refractivity (Wildman–Crippen MR) is 90.2 cm³/mol. The third-order valence-corrected chi connectivity index (χ3v) is 2.15. The summed E-state index contributed by atoms with van der Waals surface area (Å²) in [5.41, 5.74) is 0. The van der Waals surface area contributed by atoms with Crippen molar-refractivity contribution >= 4 is 0 Å². The highest BCUT2D eigenvalue weighted by Gasteiger charge is 1.59. The van der Waals surface area contributed by atoms with Crippen LogP contribution in [-0.4, -0.2) is 9.97 Å². The third kappa shape index (κ3) is 12.0. The Balaban J connectivity index is 0.000000147. The van der Waals surface area contributed by atoms with Crippen LogP contribution in [-0.2, 0) is 0 Å². The van der Waals surface area contributed by atoms with Crippen LogP contribution in [0.25, 0.3) is 0 Å². The topological polar surface area (TPSA) is 41.8 Å². The Morgan fingerprint density at radius 3 is 1.14 bits per heavy atom. The molecule has 3 nitrogen and oxygen atoms in total. The quantitative estimate of drug-likeness (QED) is 0.492. The van der Waals surface area contributed by atoms with Crippen molar-refractivity contribution < 1.29 is 4.42 Å². The van der Waals surface area contributed by atoms with E-state index in [2.05, 4.69) is 14.4 Å². The number of nitrogens with zero attached hydrogens (tertiary/aromatic N) is 1. The molecule has 4 rings (SSSR count). The number of aromatic nitrogens is 2. The first kappa shape index (κ1) is 17.0. The molecule has 112 valence electrons. The average Bonchev–Trinajstić information content (AvgIpc) is 3.37. The van der Waals surface area contributed by atoms with E-state index in [1.165, 1.54) is 0 Å². The van der Waals surface area contributed by atoms with Gasteiger partial charge in [-0.05, 0) is 36.4 Å². The van der Waals surface area contributed by atoms with Crippen LogP contribution in [0.5, 0.6) is 0 Å². The maximum atomic E-state index is 4.58. The van der Waals surface area contributed by atoms with Gasteiger partial charge in [-0.3, -0.25) is 4.98 Å². The highest BCUT2D eigenvalue weighted by atomic mass is 16.3. The fraction of sp³-hybridized carbons (Fsp3) is 0. The summed E-state index contributed by atoms with van der Waals surface area (Å²) in [4.78, 5) is 6.65. The van der Waals surface area contributed by atoms with Crippen molar-refractivity contribution in [1.82, 2.24) is 9.97 Å². The van der Waals surface area contributed by atoms with E-state index in [4.69, 9.17) is 0 Å². The van der Waals surface area contributed by atoms with Gasteiger partial charge >= 0.3 is 0 Å². The fourth-order valence-corrected chi connectivity index (χ4v) is 1.20. The number of pyridine rings is 1. The van der Waals surface area contributed by atoms with Crippen molar-refractivity contribution in [2.45, 2.75) is 0 Å². The van der Waals surface area contributed by atoms with E-state index in [-0.39, 0.29) is 0 Å². The highest BCUT2D eigenvalue weighted by Crippen LogP contribution is 1.80. The van der Waals surface area contributed by atoms with Gasteiger partial charge in [0, 0.05) is 24.8 Å². The van der Waals surface area contributed by atoms with Crippen molar-refractivity contribution in [1.29, 1.82) is 0 Å². The zero-order valence-electron chi connectivity index (χ0n) is 12.3. The summed E-state index contributed by atoms with van der Waals surface area (Å²) in [6, 6.07) is 25.3. The zero-order valence-corrected chi connectivity index (χ0v) is 12.3. The van der Waals surface area contributed by atoms with Gasteiger partial charge < -0.3 is 9.40 Å². The van der Waals surface area contributed by atoms with Crippen LogP contribution in [0.15, 0.2) is 121 Å². The number of benzene rings is 1. The van der Waals surface area contributed by atoms with Gasteiger partial charge in [0.2, 0.25) is 0 Å². The van der Waals surface area contributed by atoms with Crippen LogP contribution >= 0.6 is 0 Å². The molecule has 0 saturated heterocycles. The maximum absolute atomic E-state index is 4.58. The Bertz CT molecular complexity index is 445. The van der Waals surface area contributed by atoms with Crippen LogP contribution in [0, 0.1) is 0 Å². The summed E-state index contributed by atoms with van der Waals surface area (Å²) in [7, 11) is 0. The number of nitrogens with one attached hydrogen (secondary N) is 1. The summed E-state index contributed by atoms with van der Waals surface area (Å²) < 4.78 is 4.58. The molecule has 3 heteroatoms. The molecule has 0 aliphatic rings. The maximum Gasteiger partial charge on any atom is 0.0902 e. The molecule has 0 saturated carbocycles. The molecule has 0 amide bonds. The Labute approximate surface area is 131 Å². The smallest absolute Gasteiger partial charge is 0.0902 e. The van der Waals surface area contributed by atoms with Crippen LogP contribution in [0.4, 0.5) is 0 Å². The highest BCUT2D eigenvalue weighted by molar-refractivity contribution is 4.99. The van der Waals surface area contributed by atoms with Crippen molar-refractivity contribution in [2.75, 3.05) is 0 Å². The van der Waals surface area contributed by atoms with Crippen molar-refractivity contribution in [2.24, 2.45) is 0 Å². The lowest BCUT2D eigenvalue weighted by molar-refractivity contribution is 0.567. The van der Waals surface area contributed by atoms with Crippen LogP contribution in [0.3, 0.4) is 0 Å². The van der Waals surface area contributed by atoms with Crippen molar-refractivity contribution in [3.05, 3.63) is 116 Å². The van der Waals surface area contributed by atoms with E-state index in [1.54, 1.807) is 24.9 Å². The summed E-state index contributed by atoms with van der Waals surface area (Å²) in [6.07, 6.45) is 10.5. The Hall–Kier alpha value is -3.07. The number of hydrogen-bond acceptors (Lipinski definition) is 2. The minimum atomic E-state index is 1.62. The number of furan rings is 1. The van der Waals surface area contributed by atoms with E-state index >= 15 is 0 Å². The van der Waals surface area contributed by atoms with Crippen LogP contribution in [0.2, 0.25) is 0 Å². The lowest BCUT2D eigenvalue weighted by Crippen LogP contribution is -1.58. The summed E-state index contributed by atoms with van der Waals surface area (Å²) in [5, 5.41) is 0. The normalized spacial score (nSPS) is 8.00. The Morgan fingerprint density at radius 2 is 0.955 bits per heavy atom. The molecule has 4 aromatic rings. The third-order valence-electron chi connectivity index (χ3n) is 2.15. The molecule has 0 fully saturated rings. The lowest BCUT2D eigenvalue weighted by Gasteiger charge is -1.70. The number of aromatic amines is 1. The van der Waals surface area contributed by atoms with Gasteiger partial charge in [0.1, 0.15) is 0 Å². The summed E-state index contributed by atoms with van der Waals surface area (Å²) in [5.74, 6) is 0. The predicted octanol–water partition coefficient (Wildman–Crippen LogP) is 5.06. The van der Waals surface area contributed by atoms with Gasteiger partial charge in [-0.2, -0.15) is 0 Å². The number of H-pyrrole nitrogens is 1. The van der Waals surface area contributed by atoms with E-state index in [9.17, 15) is 0 Å². The zero-order chi connectivity index (χ0) is 15.6. The molecular weight excluding hydrogens is 272 g/mol. The standard InChI is InChI=1S/C6H6.C5H5N.C4H5N.C4H4O/c2*1-2-4-6-5-3-1;2*1-2-4-5-3-1/h1-6H;1-5H;1-5H;1-4H. The van der Waals surface area contributed by atoms with E-state index < -0.39 is 0 Å². The Morgan fingerprint density at radius 1 is 0.500 bits per heavy atom. The molecule has 0 bridgehead atoms. The van der Waals surface area contributed by atoms with Crippen molar-refractivity contribution in [3.63, 3.8) is 0 Å². The van der Waals surface area contributed by atoms with Gasteiger partial charge in [0.25, 0.3) is 0 Å². The van der Waals surface area contributed by atoms with Gasteiger partial charge in [0.05, 0.1) is 12.5 Å². The lowest BCUT2D eigenvalue weighted by atomic mass is 10.4. The fourth-order valence-electron chi connectivity index (χ4n) is 1.20. The number of rotatable bonds is 0. The van der Waals surface area contributed by atoms with Gasteiger partial charge in [-0.1, -0.05) is 42.5 Å². The monoisotopic (exact) mass is 292 g/mol. The van der Waals surface area contributed by atoms with E-state index in [0.717, 1.165) is 0 Å². The molecule has 0 atom stereocenters. The average molecular weight is 292 g/mol. The number of hydrogen-bond donors (Lipinski definition) is 1. The second-order valence-electron chi connectivity index (χ2n) is 3.86. The van der Waals surface area contributed by atoms with Crippen LogP contribution < -0.4 is 0 Å². The molecular formula is C19H20N2O. The molecule has 22 heavy (non-hydrogen) atoms. The molecule has 1 N–H and O–H groups in total. The summed E-state index contributed by atoms with van der Waals surface area (Å²) >= 11 is 0. The van der Waals surface area contributed by atoms with E-state index in [1.807, 2.05) is 91.3 Å². The Kier molecular flexibility index (Phi) is 11.1. The second kappa shape index (κ2) is 14.3. The molecule has 3 aromatic heterocycles. The molecule has 0 unspecified atom stereocenters. The van der Waals surface area contributed by atoms with Gasteiger partial charge in [0.15, 0.2) is 0 Å². The minimum Gasteiger partial charge on any atom is -0.473 e. The van der Waals surface area contributed by atoms with Gasteiger partial charge in [-0.25, -0.2) is 0 Å². The first-order chi connectivity index (χ1) is 11.0. The SMILES string of the molecule is c1cc[nH]c1.c1ccccc1.c1ccncc1.c1ccoc1. The molecule has 0 radical (unpaired) electrons. The minimum absolute atomic E-state index is 1.62. The first-order valence-electron chi connectivity index (χ1n) is 6.90. The molecule has 0 spiro atoms. The van der Waals surface area contributed by atoms with Gasteiger partial charge in [-0.15, -0.1) is 0 Å². The second-order valence-corrected chi connectivity index (χ2v) is 3.86. The summed E-state index contributed by atoms with van der Waals surface area (Å²) in [6.45, 7) is 0. The largest absolute Gasteiger partial charge is 0.473 e. The molecule has 1 aromatic carbocycles. The van der Waals surface area contributed by atoms with Crippen LogP contribution in [0.1, 0.15) is 0 Å². The molecule has 0 aliphatic heterocycles.